The Hall–Kier alpha value is -2.37. The number of ether oxygens (including phenoxy) is 1. The fourth-order valence-electron chi connectivity index (χ4n) is 0.784. The van der Waals surface area contributed by atoms with Gasteiger partial charge < -0.3 is 14.9 Å². The summed E-state index contributed by atoms with van der Waals surface area (Å²) in [6.45, 7) is 11.8. The molecular weight excluding hydrogens is 276 g/mol. The van der Waals surface area contributed by atoms with Gasteiger partial charge in [0.05, 0.1) is 12.2 Å². The molecule has 0 aromatic heterocycles. The summed E-state index contributed by atoms with van der Waals surface area (Å²) in [5, 5.41) is 16.5. The van der Waals surface area contributed by atoms with Gasteiger partial charge in [-0.25, -0.2) is 14.4 Å². The van der Waals surface area contributed by atoms with Gasteiger partial charge in [0.2, 0.25) is 0 Å². The maximum atomic E-state index is 11.2. The van der Waals surface area contributed by atoms with Crippen LogP contribution in [-0.4, -0.2) is 34.7 Å². The molecule has 0 rings (SSSR count). The predicted octanol–water partition coefficient (Wildman–Crippen LogP) is 2.56. The quantitative estimate of drug-likeness (QED) is 0.324. The molecule has 6 heteroatoms. The summed E-state index contributed by atoms with van der Waals surface area (Å²) < 4.78 is 4.85. The molecule has 0 aliphatic rings. The smallest absolute Gasteiger partial charge is 0.337 e. The Morgan fingerprint density at radius 1 is 1.10 bits per heavy atom. The molecule has 0 spiro atoms. The second-order valence-electron chi connectivity index (χ2n) is 4.23. The molecule has 0 amide bonds. The molecule has 0 aliphatic carbocycles. The summed E-state index contributed by atoms with van der Waals surface area (Å²) in [6, 6.07) is 0. The van der Waals surface area contributed by atoms with E-state index in [-0.39, 0.29) is 16.7 Å². The van der Waals surface area contributed by atoms with Crippen molar-refractivity contribution in [2.75, 3.05) is 6.61 Å². The van der Waals surface area contributed by atoms with Gasteiger partial charge in [0.25, 0.3) is 0 Å². The molecule has 6 nitrogen and oxygen atoms in total. The van der Waals surface area contributed by atoms with E-state index in [2.05, 4.69) is 13.2 Å². The third-order valence-corrected chi connectivity index (χ3v) is 2.09. The van der Waals surface area contributed by atoms with Gasteiger partial charge in [0.15, 0.2) is 0 Å². The molecule has 0 unspecified atom stereocenters. The fourth-order valence-corrected chi connectivity index (χ4v) is 0.784. The fraction of sp³-hybridized carbons (Fsp3) is 0.400. The molecule has 0 saturated heterocycles. The minimum absolute atomic E-state index is 0.0611. The van der Waals surface area contributed by atoms with Crippen molar-refractivity contribution in [1.29, 1.82) is 0 Å². The molecule has 0 saturated carbocycles. The minimum atomic E-state index is -1.07. The Balaban J connectivity index is 0. The molecule has 118 valence electrons. The summed E-state index contributed by atoms with van der Waals surface area (Å²) in [5.41, 5.74) is 0.299. The van der Waals surface area contributed by atoms with Crippen LogP contribution in [0.25, 0.3) is 0 Å². The number of rotatable bonds is 7. The number of hydrogen-bond acceptors (Lipinski definition) is 4. The van der Waals surface area contributed by atoms with Crippen molar-refractivity contribution >= 4 is 17.9 Å². The minimum Gasteiger partial charge on any atom is -0.478 e. The van der Waals surface area contributed by atoms with Gasteiger partial charge in [-0.1, -0.05) is 26.5 Å². The summed E-state index contributed by atoms with van der Waals surface area (Å²) in [7, 11) is 0. The molecule has 0 radical (unpaired) electrons. The monoisotopic (exact) mass is 298 g/mol. The molecule has 0 bridgehead atoms. The van der Waals surface area contributed by atoms with E-state index in [9.17, 15) is 14.4 Å². The first-order valence-corrected chi connectivity index (χ1v) is 6.29. The first-order chi connectivity index (χ1) is 9.63. The van der Waals surface area contributed by atoms with Gasteiger partial charge in [-0.3, -0.25) is 0 Å². The Kier molecular flexibility index (Phi) is 11.4. The topological polar surface area (TPSA) is 101 Å². The van der Waals surface area contributed by atoms with Gasteiger partial charge in [-0.15, -0.1) is 0 Å². The summed E-state index contributed by atoms with van der Waals surface area (Å²) >= 11 is 0. The van der Waals surface area contributed by atoms with Gasteiger partial charge in [-0.05, 0) is 26.3 Å². The number of esters is 1. The molecule has 21 heavy (non-hydrogen) atoms. The Morgan fingerprint density at radius 2 is 1.57 bits per heavy atom. The van der Waals surface area contributed by atoms with E-state index in [1.54, 1.807) is 0 Å². The van der Waals surface area contributed by atoms with Crippen LogP contribution in [-0.2, 0) is 19.1 Å². The van der Waals surface area contributed by atoms with Crippen LogP contribution in [0.3, 0.4) is 0 Å². The van der Waals surface area contributed by atoms with E-state index >= 15 is 0 Å². The van der Waals surface area contributed by atoms with Crippen LogP contribution >= 0.6 is 0 Å². The Morgan fingerprint density at radius 3 is 1.90 bits per heavy atom. The third-order valence-electron chi connectivity index (χ3n) is 2.09. The van der Waals surface area contributed by atoms with Gasteiger partial charge >= 0.3 is 17.9 Å². The molecule has 0 heterocycles. The molecule has 2 N–H and O–H groups in total. The van der Waals surface area contributed by atoms with Crippen LogP contribution in [0, 0.1) is 0 Å². The highest BCUT2D eigenvalue weighted by atomic mass is 16.5. The largest absolute Gasteiger partial charge is 0.478 e. The lowest BCUT2D eigenvalue weighted by molar-refractivity contribution is -0.138. The average Bonchev–Trinajstić information content (AvgIpc) is 2.39. The second-order valence-corrected chi connectivity index (χ2v) is 4.23. The Bertz CT molecular complexity index is 433. The first-order valence-electron chi connectivity index (χ1n) is 6.29. The average molecular weight is 298 g/mol. The van der Waals surface area contributed by atoms with Crippen molar-refractivity contribution in [2.24, 2.45) is 0 Å². The van der Waals surface area contributed by atoms with E-state index in [1.807, 2.05) is 6.92 Å². The van der Waals surface area contributed by atoms with Gasteiger partial charge in [0.1, 0.15) is 0 Å². The molecule has 0 fully saturated rings. The van der Waals surface area contributed by atoms with Crippen molar-refractivity contribution < 1.29 is 29.3 Å². The standard InChI is InChI=1S/C11H16O4.C4H6O2/c1-4-5-6-15-11(14)9(3)7-8(2)10(12)13;1-3(2)4(5)6/h7H,3-6H2,1-2H3,(H,12,13);1H2,2H3,(H,5,6). The van der Waals surface area contributed by atoms with Crippen molar-refractivity contribution in [3.63, 3.8) is 0 Å². The highest BCUT2D eigenvalue weighted by Gasteiger charge is 2.08. The Labute approximate surface area is 124 Å². The van der Waals surface area contributed by atoms with E-state index < -0.39 is 17.9 Å². The highest BCUT2D eigenvalue weighted by molar-refractivity contribution is 5.94. The maximum Gasteiger partial charge on any atom is 0.337 e. The lowest BCUT2D eigenvalue weighted by Crippen LogP contribution is -2.08. The molecule has 0 atom stereocenters. The van der Waals surface area contributed by atoms with Crippen LogP contribution in [0.2, 0.25) is 0 Å². The highest BCUT2D eigenvalue weighted by Crippen LogP contribution is 2.03. The molecule has 0 aromatic rings. The van der Waals surface area contributed by atoms with Crippen LogP contribution in [0.1, 0.15) is 33.6 Å². The SMILES string of the molecule is C=C(C)C(=O)O.C=C(C=C(C)C(=O)O)C(=O)OCCCC. The zero-order chi connectivity index (χ0) is 17.0. The predicted molar refractivity (Wildman–Crippen MR) is 78.8 cm³/mol. The number of hydrogen-bond donors (Lipinski definition) is 2. The first kappa shape index (κ1) is 20.9. The van der Waals surface area contributed by atoms with Crippen molar-refractivity contribution in [1.82, 2.24) is 0 Å². The lowest BCUT2D eigenvalue weighted by atomic mass is 10.2. The van der Waals surface area contributed by atoms with E-state index in [0.29, 0.717) is 6.61 Å². The number of carbonyl (C=O) groups is 3. The van der Waals surface area contributed by atoms with Crippen LogP contribution in [0.5, 0.6) is 0 Å². The number of carboxylic acid groups (broad SMARTS) is 2. The molecule has 0 aliphatic heterocycles. The third kappa shape index (κ3) is 12.4. The molecular formula is C15H22O6. The zero-order valence-corrected chi connectivity index (χ0v) is 12.6. The van der Waals surface area contributed by atoms with Crippen LogP contribution in [0.4, 0.5) is 0 Å². The van der Waals surface area contributed by atoms with Crippen molar-refractivity contribution in [3.05, 3.63) is 36.0 Å². The number of unbranched alkanes of at least 4 members (excludes halogenated alkanes) is 1. The number of carbonyl (C=O) groups excluding carboxylic acids is 1. The van der Waals surface area contributed by atoms with Crippen LogP contribution in [0.15, 0.2) is 36.0 Å². The summed E-state index contributed by atoms with van der Waals surface area (Å²) in [6.07, 6.45) is 2.93. The normalized spacial score (nSPS) is 9.95. The zero-order valence-electron chi connectivity index (χ0n) is 12.6. The van der Waals surface area contributed by atoms with E-state index in [4.69, 9.17) is 14.9 Å². The van der Waals surface area contributed by atoms with E-state index in [0.717, 1.165) is 12.8 Å². The number of carboxylic acids is 2. The van der Waals surface area contributed by atoms with Crippen molar-refractivity contribution in [3.8, 4) is 0 Å². The van der Waals surface area contributed by atoms with Gasteiger partial charge in [0, 0.05) is 11.1 Å². The van der Waals surface area contributed by atoms with Crippen LogP contribution < -0.4 is 0 Å². The van der Waals surface area contributed by atoms with Gasteiger partial charge in [-0.2, -0.15) is 0 Å². The van der Waals surface area contributed by atoms with Crippen molar-refractivity contribution in [2.45, 2.75) is 33.6 Å². The molecule has 0 aromatic carbocycles. The van der Waals surface area contributed by atoms with E-state index in [1.165, 1.54) is 19.9 Å². The maximum absolute atomic E-state index is 11.2. The summed E-state index contributed by atoms with van der Waals surface area (Å²) in [4.78, 5) is 31.3. The number of aliphatic carboxylic acids is 2. The summed E-state index contributed by atoms with van der Waals surface area (Å²) in [5.74, 6) is -2.57. The lowest BCUT2D eigenvalue weighted by Gasteiger charge is -2.03. The second kappa shape index (κ2) is 11.5.